The van der Waals surface area contributed by atoms with Crippen molar-refractivity contribution in [1.82, 2.24) is 4.90 Å². The molecule has 0 heterocycles. The van der Waals surface area contributed by atoms with Gasteiger partial charge in [-0.15, -0.1) is 0 Å². The predicted molar refractivity (Wildman–Crippen MR) is 57.0 cm³/mol. The molecule has 0 saturated carbocycles. The van der Waals surface area contributed by atoms with Crippen molar-refractivity contribution in [2.45, 2.75) is 0 Å². The van der Waals surface area contributed by atoms with Gasteiger partial charge in [0.2, 0.25) is 0 Å². The summed E-state index contributed by atoms with van der Waals surface area (Å²) in [5.74, 6) is 0. The molecule has 0 atom stereocenters. The Hall–Kier alpha value is -0.230. The molecule has 0 bridgehead atoms. The van der Waals surface area contributed by atoms with Crippen molar-refractivity contribution in [3.8, 4) is 0 Å². The van der Waals surface area contributed by atoms with E-state index in [4.69, 9.17) is 27.4 Å². The minimum absolute atomic E-state index is 0.507. The van der Waals surface area contributed by atoms with Gasteiger partial charge in [-0.1, -0.05) is 12.2 Å². The third-order valence-electron chi connectivity index (χ3n) is 1.60. The average molecular weight is 206 g/mol. The lowest BCUT2D eigenvalue weighted by Crippen LogP contribution is -2.37. The van der Waals surface area contributed by atoms with Gasteiger partial charge in [0.1, 0.15) is 0 Å². The fourth-order valence-corrected chi connectivity index (χ4v) is 1.11. The first-order valence-corrected chi connectivity index (χ1v) is 4.60. The van der Waals surface area contributed by atoms with Crippen LogP contribution in [0, 0.1) is 0 Å². The zero-order valence-electron chi connectivity index (χ0n) is 8.28. The van der Waals surface area contributed by atoms with Gasteiger partial charge in [0.25, 0.3) is 0 Å². The van der Waals surface area contributed by atoms with Gasteiger partial charge in [-0.3, -0.25) is 4.90 Å². The molecule has 0 aromatic heterocycles. The topological polar surface area (TPSA) is 47.7 Å². The normalized spacial score (nSPS) is 10.7. The summed E-state index contributed by atoms with van der Waals surface area (Å²) in [5.41, 5.74) is 5.44. The average Bonchev–Trinajstić information content (AvgIpc) is 2.09. The van der Waals surface area contributed by atoms with E-state index < -0.39 is 0 Å². The summed E-state index contributed by atoms with van der Waals surface area (Å²) in [6, 6.07) is 0. The number of hydrogen-bond acceptors (Lipinski definition) is 4. The van der Waals surface area contributed by atoms with Crippen molar-refractivity contribution in [3.63, 3.8) is 0 Å². The number of thiocarbonyl (C=S) groups is 1. The van der Waals surface area contributed by atoms with Crippen molar-refractivity contribution in [2.75, 3.05) is 47.1 Å². The predicted octanol–water partition coefficient (Wildman–Crippen LogP) is -0.133. The lowest BCUT2D eigenvalue weighted by Gasteiger charge is -2.20. The van der Waals surface area contributed by atoms with E-state index in [1.54, 1.807) is 14.2 Å². The molecular formula is C8H18N2O2S. The Morgan fingerprint density at radius 2 is 1.69 bits per heavy atom. The van der Waals surface area contributed by atoms with E-state index in [0.29, 0.717) is 24.7 Å². The van der Waals surface area contributed by atoms with Crippen LogP contribution in [0.5, 0.6) is 0 Å². The first kappa shape index (κ1) is 12.8. The van der Waals surface area contributed by atoms with Gasteiger partial charge >= 0.3 is 0 Å². The van der Waals surface area contributed by atoms with Crippen LogP contribution in [0.4, 0.5) is 0 Å². The lowest BCUT2D eigenvalue weighted by molar-refractivity contribution is 0.123. The molecule has 5 heteroatoms. The number of nitrogens with two attached hydrogens (primary N) is 1. The summed E-state index contributed by atoms with van der Waals surface area (Å²) in [6.45, 7) is 3.66. The summed E-state index contributed by atoms with van der Waals surface area (Å²) >= 11 is 4.83. The zero-order valence-corrected chi connectivity index (χ0v) is 9.10. The van der Waals surface area contributed by atoms with Crippen LogP contribution in [0.25, 0.3) is 0 Å². The summed E-state index contributed by atoms with van der Waals surface area (Å²) in [6.07, 6.45) is 0. The molecule has 0 aliphatic carbocycles. The Balaban J connectivity index is 3.66. The van der Waals surface area contributed by atoms with Crippen molar-refractivity contribution in [2.24, 2.45) is 5.73 Å². The lowest BCUT2D eigenvalue weighted by atomic mass is 10.4. The fourth-order valence-electron chi connectivity index (χ4n) is 0.931. The number of nitrogens with zero attached hydrogens (tertiary/aromatic N) is 1. The SMILES string of the molecule is COCCN(CCOC)CC(N)=S. The van der Waals surface area contributed by atoms with E-state index in [1.165, 1.54) is 0 Å². The van der Waals surface area contributed by atoms with Gasteiger partial charge < -0.3 is 15.2 Å². The molecule has 2 N–H and O–H groups in total. The van der Waals surface area contributed by atoms with Crippen molar-refractivity contribution < 1.29 is 9.47 Å². The monoisotopic (exact) mass is 206 g/mol. The van der Waals surface area contributed by atoms with Gasteiger partial charge in [-0.2, -0.15) is 0 Å². The summed E-state index contributed by atoms with van der Waals surface area (Å²) in [4.78, 5) is 2.61. The van der Waals surface area contributed by atoms with Gasteiger partial charge in [0.05, 0.1) is 18.2 Å². The van der Waals surface area contributed by atoms with Gasteiger partial charge in [0.15, 0.2) is 0 Å². The van der Waals surface area contributed by atoms with Crippen molar-refractivity contribution in [3.05, 3.63) is 0 Å². The molecule has 0 aliphatic heterocycles. The molecule has 0 amide bonds. The highest BCUT2D eigenvalue weighted by Crippen LogP contribution is 1.88. The molecule has 13 heavy (non-hydrogen) atoms. The molecule has 78 valence electrons. The first-order valence-electron chi connectivity index (χ1n) is 4.19. The van der Waals surface area contributed by atoms with Crippen molar-refractivity contribution >= 4 is 17.2 Å². The van der Waals surface area contributed by atoms with Crippen LogP contribution in [-0.4, -0.2) is 57.0 Å². The quantitative estimate of drug-likeness (QED) is 0.561. The van der Waals surface area contributed by atoms with E-state index in [2.05, 4.69) is 4.90 Å². The Bertz CT molecular complexity index is 136. The summed E-state index contributed by atoms with van der Waals surface area (Å²) in [7, 11) is 3.35. The Labute approximate surface area is 85.0 Å². The second-order valence-corrected chi connectivity index (χ2v) is 3.25. The van der Waals surface area contributed by atoms with Crippen LogP contribution in [0.15, 0.2) is 0 Å². The van der Waals surface area contributed by atoms with E-state index in [9.17, 15) is 0 Å². The molecule has 0 rings (SSSR count). The molecule has 0 fully saturated rings. The highest BCUT2D eigenvalue weighted by molar-refractivity contribution is 7.80. The Kier molecular flexibility index (Phi) is 8.22. The zero-order chi connectivity index (χ0) is 10.1. The summed E-state index contributed by atoms with van der Waals surface area (Å²) < 4.78 is 9.93. The van der Waals surface area contributed by atoms with Crippen LogP contribution in [-0.2, 0) is 9.47 Å². The molecule has 4 nitrogen and oxygen atoms in total. The molecule has 0 aromatic carbocycles. The van der Waals surface area contributed by atoms with Gasteiger partial charge in [-0.05, 0) is 0 Å². The second-order valence-electron chi connectivity index (χ2n) is 2.73. The molecular weight excluding hydrogens is 188 g/mol. The van der Waals surface area contributed by atoms with Gasteiger partial charge in [0, 0.05) is 33.9 Å². The maximum absolute atomic E-state index is 5.44. The van der Waals surface area contributed by atoms with Crippen molar-refractivity contribution in [1.29, 1.82) is 0 Å². The highest BCUT2D eigenvalue weighted by atomic mass is 32.1. The standard InChI is InChI=1S/C8H18N2O2S/c1-11-5-3-10(4-6-12-2)7-8(9)13/h3-7H2,1-2H3,(H2,9,13). The summed E-state index contributed by atoms with van der Waals surface area (Å²) in [5, 5.41) is 0. The maximum atomic E-state index is 5.44. The minimum Gasteiger partial charge on any atom is -0.392 e. The number of ether oxygens (including phenoxy) is 2. The third kappa shape index (κ3) is 8.11. The number of methoxy groups -OCH3 is 2. The highest BCUT2D eigenvalue weighted by Gasteiger charge is 2.04. The van der Waals surface area contributed by atoms with E-state index in [-0.39, 0.29) is 0 Å². The van der Waals surface area contributed by atoms with E-state index in [1.807, 2.05) is 0 Å². The first-order chi connectivity index (χ1) is 6.20. The van der Waals surface area contributed by atoms with Crippen LogP contribution in [0.3, 0.4) is 0 Å². The third-order valence-corrected chi connectivity index (χ3v) is 1.73. The molecule has 0 aliphatic rings. The van der Waals surface area contributed by atoms with E-state index >= 15 is 0 Å². The maximum Gasteiger partial charge on any atom is 0.0870 e. The molecule has 0 radical (unpaired) electrons. The molecule has 0 spiro atoms. The second kappa shape index (κ2) is 8.37. The Morgan fingerprint density at radius 1 is 1.23 bits per heavy atom. The van der Waals surface area contributed by atoms with Crippen LogP contribution in [0.1, 0.15) is 0 Å². The molecule has 0 unspecified atom stereocenters. The van der Waals surface area contributed by atoms with E-state index in [0.717, 1.165) is 13.1 Å². The van der Waals surface area contributed by atoms with Crippen LogP contribution < -0.4 is 5.73 Å². The largest absolute Gasteiger partial charge is 0.392 e. The Morgan fingerprint density at radius 3 is 2.00 bits per heavy atom. The van der Waals surface area contributed by atoms with Crippen LogP contribution in [0.2, 0.25) is 0 Å². The smallest absolute Gasteiger partial charge is 0.0870 e. The fraction of sp³-hybridized carbons (Fsp3) is 0.875. The number of rotatable bonds is 8. The van der Waals surface area contributed by atoms with Gasteiger partial charge in [-0.25, -0.2) is 0 Å². The minimum atomic E-state index is 0.507. The number of hydrogen-bond donors (Lipinski definition) is 1. The molecule has 0 saturated heterocycles. The molecule has 0 aromatic rings. The van der Waals surface area contributed by atoms with Crippen LogP contribution >= 0.6 is 12.2 Å².